The lowest BCUT2D eigenvalue weighted by Crippen LogP contribution is -3.00. The fourth-order valence-electron chi connectivity index (χ4n) is 1.64. The molecule has 1 amide bonds. The smallest absolute Gasteiger partial charge is 0.407 e. The summed E-state index contributed by atoms with van der Waals surface area (Å²) in [6.07, 6.45) is 1.64. The van der Waals surface area contributed by atoms with E-state index >= 15 is 0 Å². The number of quaternary nitrogens is 1. The molecule has 0 saturated carbocycles. The average molecular weight is 340 g/mol. The van der Waals surface area contributed by atoms with Gasteiger partial charge in [-0.3, -0.25) is 0 Å². The molecular weight excluding hydrogens is 310 g/mol. The highest BCUT2D eigenvalue weighted by Crippen LogP contribution is 2.06. The first kappa shape index (κ1) is 21.0. The summed E-state index contributed by atoms with van der Waals surface area (Å²) in [5.74, 6) is 0. The number of amides is 1. The van der Waals surface area contributed by atoms with Gasteiger partial charge < -0.3 is 37.3 Å². The zero-order valence-corrected chi connectivity index (χ0v) is 14.5. The predicted octanol–water partition coefficient (Wildman–Crippen LogP) is -1.67. The van der Waals surface area contributed by atoms with Crippen LogP contribution in [0.2, 0.25) is 0 Å². The Morgan fingerprint density at radius 2 is 1.74 bits per heavy atom. The summed E-state index contributed by atoms with van der Waals surface area (Å²) in [5, 5.41) is 2.77. The molecule has 3 N–H and O–H groups in total. The number of nitrogens with two attached hydrogens (primary N) is 1. The van der Waals surface area contributed by atoms with Gasteiger partial charge in [0.25, 0.3) is 0 Å². The number of carbonyl (C=O) groups excluding carboxylic acids is 1. The number of nitrogens with zero attached hydrogens (tertiary/aromatic N) is 1. The van der Waals surface area contributed by atoms with E-state index in [2.05, 4.69) is 19.4 Å². The van der Waals surface area contributed by atoms with Crippen molar-refractivity contribution in [1.29, 1.82) is 0 Å². The fourth-order valence-corrected chi connectivity index (χ4v) is 1.64. The Morgan fingerprint density at radius 3 is 2.21 bits per heavy atom. The lowest BCUT2D eigenvalue weighted by Gasteiger charge is -2.29. The highest BCUT2D eigenvalue weighted by atomic mass is 79.9. The molecule has 116 valence electrons. The van der Waals surface area contributed by atoms with Gasteiger partial charge in [0, 0.05) is 19.4 Å². The quantitative estimate of drug-likeness (QED) is 0.430. The molecule has 0 unspecified atom stereocenters. The van der Waals surface area contributed by atoms with Crippen LogP contribution in [-0.2, 0) is 4.74 Å². The highest BCUT2D eigenvalue weighted by molar-refractivity contribution is 5.67. The number of halogens is 1. The summed E-state index contributed by atoms with van der Waals surface area (Å²) in [5.41, 5.74) is 5.08. The molecule has 0 rings (SSSR count). The number of hydrogen-bond donors (Lipinski definition) is 2. The van der Waals surface area contributed by atoms with Crippen LogP contribution in [-0.4, -0.2) is 56.5 Å². The molecule has 0 aromatic rings. The summed E-state index contributed by atoms with van der Waals surface area (Å²) in [6.45, 7) is 9.06. The molecule has 0 spiro atoms. The largest absolute Gasteiger partial charge is 1.00 e. The van der Waals surface area contributed by atoms with E-state index in [0.29, 0.717) is 6.54 Å². The van der Waals surface area contributed by atoms with Gasteiger partial charge in [-0.25, -0.2) is 4.79 Å². The van der Waals surface area contributed by atoms with Crippen LogP contribution in [0.15, 0.2) is 0 Å². The van der Waals surface area contributed by atoms with E-state index in [4.69, 9.17) is 10.5 Å². The van der Waals surface area contributed by atoms with Gasteiger partial charge in [0.15, 0.2) is 0 Å². The minimum atomic E-state index is -0.430. The van der Waals surface area contributed by atoms with Gasteiger partial charge in [-0.05, 0) is 27.3 Å². The van der Waals surface area contributed by atoms with Crippen molar-refractivity contribution >= 4 is 6.09 Å². The molecule has 0 fully saturated rings. The van der Waals surface area contributed by atoms with Crippen LogP contribution >= 0.6 is 0 Å². The third kappa shape index (κ3) is 13.9. The average Bonchev–Trinajstić information content (AvgIpc) is 2.19. The normalized spacial score (nSPS) is 11.7. The van der Waals surface area contributed by atoms with Gasteiger partial charge in [0.1, 0.15) is 5.60 Å². The highest BCUT2D eigenvalue weighted by Gasteiger charge is 2.17. The van der Waals surface area contributed by atoms with Crippen molar-refractivity contribution in [3.63, 3.8) is 0 Å². The molecule has 0 heterocycles. The monoisotopic (exact) mass is 339 g/mol. The van der Waals surface area contributed by atoms with Crippen LogP contribution in [0, 0.1) is 0 Å². The molecule has 0 aromatic carbocycles. The second-order valence-corrected chi connectivity index (χ2v) is 6.31. The van der Waals surface area contributed by atoms with E-state index in [-0.39, 0.29) is 23.1 Å². The molecule has 6 heteroatoms. The number of ether oxygens (including phenoxy) is 1. The zero-order chi connectivity index (χ0) is 14.2. The van der Waals surface area contributed by atoms with Gasteiger partial charge in [0.2, 0.25) is 0 Å². The Hall–Kier alpha value is -0.330. The molecule has 0 aliphatic heterocycles. The van der Waals surface area contributed by atoms with Gasteiger partial charge in [-0.1, -0.05) is 0 Å². The standard InChI is InChI=1S/C13H29N3O2.BrH/c1-13(2,3)18-12(17)15-9-7-11-16(4,5)10-6-8-14;/h6-11,14H2,1-5H3;1H. The number of carbonyl (C=O) groups is 1. The molecular formula is C13H30BrN3O2. The first-order chi connectivity index (χ1) is 8.16. The van der Waals surface area contributed by atoms with E-state index in [1.165, 1.54) is 0 Å². The van der Waals surface area contributed by atoms with E-state index < -0.39 is 5.60 Å². The van der Waals surface area contributed by atoms with Crippen LogP contribution in [0.5, 0.6) is 0 Å². The van der Waals surface area contributed by atoms with Crippen molar-refractivity contribution in [2.45, 2.75) is 39.2 Å². The van der Waals surface area contributed by atoms with Crippen LogP contribution in [0.1, 0.15) is 33.6 Å². The fraction of sp³-hybridized carbons (Fsp3) is 0.923. The number of nitrogens with one attached hydrogen (secondary N) is 1. The number of rotatable bonds is 7. The SMILES string of the molecule is CC(C)(C)OC(=O)NCCC[N+](C)(C)CCCN.[Br-]. The van der Waals surface area contributed by atoms with E-state index in [1.54, 1.807) is 0 Å². The van der Waals surface area contributed by atoms with Gasteiger partial charge in [0.05, 0.1) is 27.2 Å². The maximum atomic E-state index is 11.4. The number of alkyl carbamates (subject to hydrolysis) is 1. The van der Waals surface area contributed by atoms with Gasteiger partial charge >= 0.3 is 6.09 Å². The van der Waals surface area contributed by atoms with Gasteiger partial charge in [-0.2, -0.15) is 0 Å². The Balaban J connectivity index is 0. The van der Waals surface area contributed by atoms with Crippen LogP contribution in [0.3, 0.4) is 0 Å². The van der Waals surface area contributed by atoms with Crippen molar-refractivity contribution in [3.05, 3.63) is 0 Å². The Morgan fingerprint density at radius 1 is 1.21 bits per heavy atom. The number of hydrogen-bond acceptors (Lipinski definition) is 3. The lowest BCUT2D eigenvalue weighted by atomic mass is 10.2. The summed E-state index contributed by atoms with van der Waals surface area (Å²) < 4.78 is 6.10. The Kier molecular flexibility index (Phi) is 10.5. The molecule has 0 aliphatic carbocycles. The first-order valence-corrected chi connectivity index (χ1v) is 6.65. The van der Waals surface area contributed by atoms with Crippen molar-refractivity contribution in [1.82, 2.24) is 5.32 Å². The van der Waals surface area contributed by atoms with Crippen molar-refractivity contribution in [3.8, 4) is 0 Å². The van der Waals surface area contributed by atoms with Crippen LogP contribution < -0.4 is 28.0 Å². The molecule has 0 bridgehead atoms. The minimum absolute atomic E-state index is 0. The maximum Gasteiger partial charge on any atom is 0.407 e. The molecule has 5 nitrogen and oxygen atoms in total. The third-order valence-electron chi connectivity index (χ3n) is 2.58. The molecule has 0 saturated heterocycles. The van der Waals surface area contributed by atoms with E-state index in [0.717, 1.165) is 37.0 Å². The topological polar surface area (TPSA) is 64.3 Å². The molecule has 0 aromatic heterocycles. The minimum Gasteiger partial charge on any atom is -1.00 e. The predicted molar refractivity (Wildman–Crippen MR) is 74.4 cm³/mol. The second-order valence-electron chi connectivity index (χ2n) is 6.31. The Bertz CT molecular complexity index is 253. The third-order valence-corrected chi connectivity index (χ3v) is 2.58. The summed E-state index contributed by atoms with van der Waals surface area (Å²) in [7, 11) is 4.37. The summed E-state index contributed by atoms with van der Waals surface area (Å²) >= 11 is 0. The zero-order valence-electron chi connectivity index (χ0n) is 13.0. The van der Waals surface area contributed by atoms with Crippen LogP contribution in [0.4, 0.5) is 4.79 Å². The molecule has 0 atom stereocenters. The molecule has 0 radical (unpaired) electrons. The lowest BCUT2D eigenvalue weighted by molar-refractivity contribution is -0.890. The first-order valence-electron chi connectivity index (χ1n) is 6.65. The maximum absolute atomic E-state index is 11.4. The molecule has 0 aliphatic rings. The van der Waals surface area contributed by atoms with Crippen molar-refractivity contribution < 1.29 is 31.0 Å². The van der Waals surface area contributed by atoms with Gasteiger partial charge in [-0.15, -0.1) is 0 Å². The Labute approximate surface area is 128 Å². The van der Waals surface area contributed by atoms with E-state index in [1.807, 2.05) is 20.8 Å². The van der Waals surface area contributed by atoms with Crippen LogP contribution in [0.25, 0.3) is 0 Å². The van der Waals surface area contributed by atoms with Crippen molar-refractivity contribution in [2.24, 2.45) is 5.73 Å². The summed E-state index contributed by atoms with van der Waals surface area (Å²) in [4.78, 5) is 11.4. The molecule has 19 heavy (non-hydrogen) atoms. The second kappa shape index (κ2) is 9.55. The summed E-state index contributed by atoms with van der Waals surface area (Å²) in [6, 6.07) is 0. The van der Waals surface area contributed by atoms with Crippen molar-refractivity contribution in [2.75, 3.05) is 40.3 Å². The van der Waals surface area contributed by atoms with E-state index in [9.17, 15) is 4.79 Å².